The summed E-state index contributed by atoms with van der Waals surface area (Å²) >= 11 is 0. The molecular weight excluding hydrogens is 593 g/mol. The molecule has 1 heterocycles. The van der Waals surface area contributed by atoms with Crippen LogP contribution in [-0.4, -0.2) is 0 Å². The quantitative estimate of drug-likeness (QED) is 0.174. The van der Waals surface area contributed by atoms with Crippen molar-refractivity contribution in [3.05, 3.63) is 182 Å². The highest BCUT2D eigenvalue weighted by Crippen LogP contribution is 2.47. The van der Waals surface area contributed by atoms with Gasteiger partial charge in [-0.25, -0.2) is 0 Å². The van der Waals surface area contributed by atoms with E-state index in [-0.39, 0.29) is 90.3 Å². The number of fused-ring (bicyclic) bond motifs is 7. The van der Waals surface area contributed by atoms with E-state index < -0.39 is 84.6 Å². The van der Waals surface area contributed by atoms with Crippen molar-refractivity contribution in [2.45, 2.75) is 0 Å². The monoisotopic (exact) mass is 640 g/mol. The summed E-state index contributed by atoms with van der Waals surface area (Å²) < 4.78 is 165. The Balaban J connectivity index is 1.26. The Hall–Kier alpha value is -6.44. The highest BCUT2D eigenvalue weighted by atomic mass is 16.3. The highest BCUT2D eigenvalue weighted by Gasteiger charge is 2.20. The molecule has 0 N–H and O–H groups in total. The lowest BCUT2D eigenvalue weighted by Crippen LogP contribution is -1.91. The number of hydrogen-bond donors (Lipinski definition) is 0. The molecule has 0 bridgehead atoms. The maximum Gasteiger partial charge on any atom is 0.143 e. The number of benzene rings is 9. The molecule has 1 heteroatoms. The molecule has 1 nitrogen and oxygen atoms in total. The fourth-order valence-electron chi connectivity index (χ4n) is 6.60. The molecule has 228 valence electrons. The molecule has 0 saturated carbocycles. The van der Waals surface area contributed by atoms with Gasteiger partial charge in [-0.3, -0.25) is 0 Å². The van der Waals surface area contributed by atoms with Crippen LogP contribution in [0.3, 0.4) is 0 Å². The van der Waals surface area contributed by atoms with Crippen molar-refractivity contribution in [2.75, 3.05) is 0 Å². The van der Waals surface area contributed by atoms with Gasteiger partial charge in [-0.15, -0.1) is 0 Å². The zero-order valence-electron chi connectivity index (χ0n) is 43.3. The van der Waals surface area contributed by atoms with Gasteiger partial charge in [0, 0.05) is 16.2 Å². The molecule has 0 radical (unpaired) electrons. The molecule has 0 saturated heterocycles. The molecule has 0 fully saturated rings. The first kappa shape index (κ1) is 15.2. The standard InChI is InChI=1S/C48H30O/c1-2-11-31(12-3-1)32-21-23-33(24-22-32)34-25-27-36(28-26-34)45-38-15-6-8-17-40(38)46(41-18-9-7-16-39(41)45)42-19-10-20-44-47(42)43-30-29-35-13-4-5-14-37(35)48(43)49-44/h1-30H/i1D,2D,3D,4D,5D,10D,11D,12D,13D,14D,19D,20D,25D,26D,27D,28D,29D,30D. The lowest BCUT2D eigenvalue weighted by Gasteiger charge is -2.18. The minimum Gasteiger partial charge on any atom is -0.455 e. The Morgan fingerprint density at radius 2 is 0.939 bits per heavy atom. The third kappa shape index (κ3) is 4.40. The molecule has 1 aromatic heterocycles. The van der Waals surface area contributed by atoms with E-state index >= 15 is 0 Å². The Labute approximate surface area is 309 Å². The van der Waals surface area contributed by atoms with Crippen molar-refractivity contribution in [3.8, 4) is 44.5 Å². The normalized spacial score (nSPS) is 16.8. The van der Waals surface area contributed by atoms with E-state index in [2.05, 4.69) is 0 Å². The summed E-state index contributed by atoms with van der Waals surface area (Å²) in [4.78, 5) is 0. The first-order valence-electron chi connectivity index (χ1n) is 24.4. The fraction of sp³-hybridized carbons (Fsp3) is 0. The molecule has 0 atom stereocenters. The van der Waals surface area contributed by atoms with Gasteiger partial charge in [-0.05, 0) is 83.5 Å². The Bertz CT molecular complexity index is 3780. The minimum atomic E-state index is -0.608. The molecule has 0 spiro atoms. The molecule has 0 aliphatic carbocycles. The first-order chi connectivity index (χ1) is 31.8. The SMILES string of the molecule is [2H]c1c([2H])c([2H])c(-c2ccc(-c3c([2H])c([2H])c(-c4c5ccccc5c(-c5c([2H])c([2H])c([2H])c6oc7c8c([2H])c([2H])c([2H])c([2H])c8c([2H])c([2H])c7c56)c5ccccc45)c([2H])c3[2H])cc2)c([2H])c1[2H]. The minimum absolute atomic E-state index is 0.00283. The fourth-order valence-corrected chi connectivity index (χ4v) is 6.60. The van der Waals surface area contributed by atoms with Crippen molar-refractivity contribution >= 4 is 54.3 Å². The van der Waals surface area contributed by atoms with Crippen molar-refractivity contribution < 1.29 is 29.1 Å². The summed E-state index contributed by atoms with van der Waals surface area (Å²) in [7, 11) is 0. The first-order valence-corrected chi connectivity index (χ1v) is 15.4. The summed E-state index contributed by atoms with van der Waals surface area (Å²) in [6.07, 6.45) is 0. The zero-order valence-corrected chi connectivity index (χ0v) is 25.3. The van der Waals surface area contributed by atoms with E-state index in [4.69, 9.17) is 20.9 Å². The predicted molar refractivity (Wildman–Crippen MR) is 208 cm³/mol. The van der Waals surface area contributed by atoms with Crippen LogP contribution >= 0.6 is 0 Å². The average molecular weight is 641 g/mol. The highest BCUT2D eigenvalue weighted by molar-refractivity contribution is 6.27. The smallest absolute Gasteiger partial charge is 0.143 e. The van der Waals surface area contributed by atoms with Crippen molar-refractivity contribution in [1.29, 1.82) is 0 Å². The van der Waals surface area contributed by atoms with Crippen LogP contribution in [0.4, 0.5) is 0 Å². The van der Waals surface area contributed by atoms with Crippen molar-refractivity contribution in [2.24, 2.45) is 0 Å². The van der Waals surface area contributed by atoms with Crippen LogP contribution in [0, 0.1) is 0 Å². The van der Waals surface area contributed by atoms with Crippen molar-refractivity contribution in [3.63, 3.8) is 0 Å². The van der Waals surface area contributed by atoms with E-state index in [1.54, 1.807) is 48.5 Å². The largest absolute Gasteiger partial charge is 0.455 e. The molecule has 0 aliphatic heterocycles. The number of rotatable bonds is 4. The maximum atomic E-state index is 9.48. The third-order valence-corrected chi connectivity index (χ3v) is 8.77. The van der Waals surface area contributed by atoms with Crippen molar-refractivity contribution in [1.82, 2.24) is 0 Å². The molecule has 0 unspecified atom stereocenters. The Morgan fingerprint density at radius 3 is 1.61 bits per heavy atom. The molecule has 49 heavy (non-hydrogen) atoms. The van der Waals surface area contributed by atoms with Crippen LogP contribution in [0.5, 0.6) is 0 Å². The molecule has 0 amide bonds. The van der Waals surface area contributed by atoms with E-state index in [9.17, 15) is 8.22 Å². The van der Waals surface area contributed by atoms with E-state index in [0.717, 1.165) is 0 Å². The number of furan rings is 1. The zero-order chi connectivity index (χ0) is 48.0. The van der Waals surface area contributed by atoms with Gasteiger partial charge < -0.3 is 4.42 Å². The van der Waals surface area contributed by atoms with Gasteiger partial charge in [-0.2, -0.15) is 0 Å². The van der Waals surface area contributed by atoms with Gasteiger partial charge >= 0.3 is 0 Å². The van der Waals surface area contributed by atoms with Crippen LogP contribution in [0.1, 0.15) is 24.7 Å². The second-order valence-corrected chi connectivity index (χ2v) is 11.4. The van der Waals surface area contributed by atoms with Crippen LogP contribution in [0.15, 0.2) is 186 Å². The molecule has 10 aromatic rings. The lowest BCUT2D eigenvalue weighted by molar-refractivity contribution is 0.673. The summed E-state index contributed by atoms with van der Waals surface area (Å²) in [6.45, 7) is 0. The van der Waals surface area contributed by atoms with E-state index in [1.807, 2.05) is 0 Å². The second kappa shape index (κ2) is 11.1. The van der Waals surface area contributed by atoms with Gasteiger partial charge in [0.25, 0.3) is 0 Å². The molecular formula is C48H30O. The van der Waals surface area contributed by atoms with Crippen LogP contribution < -0.4 is 0 Å². The van der Waals surface area contributed by atoms with Gasteiger partial charge in [0.2, 0.25) is 0 Å². The summed E-state index contributed by atoms with van der Waals surface area (Å²) in [6, 6.07) is 11.1. The van der Waals surface area contributed by atoms with Gasteiger partial charge in [0.15, 0.2) is 0 Å². The van der Waals surface area contributed by atoms with Gasteiger partial charge in [0.1, 0.15) is 11.2 Å². The predicted octanol–water partition coefficient (Wildman–Crippen LogP) is 13.7. The second-order valence-electron chi connectivity index (χ2n) is 11.4. The number of hydrogen-bond acceptors (Lipinski definition) is 1. The molecule has 9 aromatic carbocycles. The van der Waals surface area contributed by atoms with Gasteiger partial charge in [0.05, 0.1) is 24.7 Å². The topological polar surface area (TPSA) is 13.1 Å². The van der Waals surface area contributed by atoms with Crippen LogP contribution in [0.2, 0.25) is 0 Å². The van der Waals surface area contributed by atoms with Crippen LogP contribution in [-0.2, 0) is 0 Å². The third-order valence-electron chi connectivity index (χ3n) is 8.77. The molecule has 0 aliphatic rings. The average Bonchev–Trinajstić information content (AvgIpc) is 3.72. The van der Waals surface area contributed by atoms with E-state index in [0.29, 0.717) is 32.7 Å². The van der Waals surface area contributed by atoms with Crippen LogP contribution in [0.25, 0.3) is 98.8 Å². The summed E-state index contributed by atoms with van der Waals surface area (Å²) in [5.74, 6) is 0. The summed E-state index contributed by atoms with van der Waals surface area (Å²) in [5.41, 5.74) is 0.664. The Morgan fingerprint density at radius 1 is 0.367 bits per heavy atom. The van der Waals surface area contributed by atoms with Gasteiger partial charge in [-0.1, -0.05) is 169 Å². The maximum absolute atomic E-state index is 9.48. The summed E-state index contributed by atoms with van der Waals surface area (Å²) in [5, 5.41) is 1.13. The van der Waals surface area contributed by atoms with E-state index in [1.165, 1.54) is 24.3 Å². The molecule has 10 rings (SSSR count). The lowest BCUT2D eigenvalue weighted by atomic mass is 9.84. The Kier molecular flexibility index (Phi) is 3.43.